The molecule has 1 atom stereocenters. The van der Waals surface area contributed by atoms with Crippen molar-refractivity contribution in [3.05, 3.63) is 65.4 Å². The normalized spacial score (nSPS) is 21.5. The Morgan fingerprint density at radius 2 is 1.88 bits per heavy atom. The van der Waals surface area contributed by atoms with E-state index in [1.807, 2.05) is 11.0 Å². The second-order valence-corrected chi connectivity index (χ2v) is 10.5. The fourth-order valence-corrected chi connectivity index (χ4v) is 6.33. The minimum Gasteiger partial charge on any atom is -0.497 e. The van der Waals surface area contributed by atoms with E-state index in [9.17, 15) is 9.90 Å². The summed E-state index contributed by atoms with van der Waals surface area (Å²) in [5.41, 5.74) is 4.68. The lowest BCUT2D eigenvalue weighted by atomic mass is 9.68. The average molecular weight is 460 g/mol. The van der Waals surface area contributed by atoms with Crippen LogP contribution >= 0.6 is 0 Å². The van der Waals surface area contributed by atoms with E-state index in [2.05, 4.69) is 59.0 Å². The summed E-state index contributed by atoms with van der Waals surface area (Å²) >= 11 is 0. The number of rotatable bonds is 6. The van der Waals surface area contributed by atoms with Crippen LogP contribution in [0.5, 0.6) is 5.75 Å². The molecule has 1 aliphatic carbocycles. The van der Waals surface area contributed by atoms with E-state index >= 15 is 0 Å². The maximum Gasteiger partial charge on any atom is 0.223 e. The van der Waals surface area contributed by atoms with Gasteiger partial charge in [-0.2, -0.15) is 0 Å². The molecule has 1 amide bonds. The van der Waals surface area contributed by atoms with Crippen LogP contribution in [0.2, 0.25) is 0 Å². The van der Waals surface area contributed by atoms with Crippen LogP contribution in [-0.4, -0.2) is 58.7 Å². The van der Waals surface area contributed by atoms with Crippen molar-refractivity contribution in [2.24, 2.45) is 13.0 Å². The van der Waals surface area contributed by atoms with Gasteiger partial charge in [-0.3, -0.25) is 9.69 Å². The SMILES string of the molecule is COc1ccc2c3c(n(C)c2c1)[C@@H](CO)N(C(=O)CC1CC1)CC31CN(Cc2ccccc2)C1. The van der Waals surface area contributed by atoms with E-state index in [4.69, 9.17) is 4.74 Å². The van der Waals surface area contributed by atoms with Crippen molar-refractivity contribution in [1.29, 1.82) is 0 Å². The zero-order valence-electron chi connectivity index (χ0n) is 20.0. The molecule has 1 aromatic heterocycles. The van der Waals surface area contributed by atoms with Crippen molar-refractivity contribution < 1.29 is 14.6 Å². The van der Waals surface area contributed by atoms with Gasteiger partial charge < -0.3 is 19.3 Å². The first-order valence-electron chi connectivity index (χ1n) is 12.4. The van der Waals surface area contributed by atoms with Gasteiger partial charge in [0.25, 0.3) is 0 Å². The maximum absolute atomic E-state index is 13.4. The van der Waals surface area contributed by atoms with E-state index in [1.54, 1.807) is 7.11 Å². The van der Waals surface area contributed by atoms with Crippen LogP contribution < -0.4 is 4.74 Å². The Bertz CT molecular complexity index is 1220. The van der Waals surface area contributed by atoms with Crippen LogP contribution in [0.15, 0.2) is 48.5 Å². The molecule has 1 N–H and O–H groups in total. The second kappa shape index (κ2) is 8.14. The molecule has 0 unspecified atom stereocenters. The standard InChI is InChI=1S/C28H33N3O3/c1-29-23-13-21(34-2)10-11-22(23)26-27(29)24(15-32)31(25(33)12-19-8-9-19)18-28(26)16-30(17-28)14-20-6-4-3-5-7-20/h3-7,10-11,13,19,24,32H,8-9,12,14-18H2,1-2H3/t24-/m1/s1. The highest BCUT2D eigenvalue weighted by atomic mass is 16.5. The molecule has 1 saturated carbocycles. The molecule has 1 saturated heterocycles. The zero-order chi connectivity index (χ0) is 23.4. The molecule has 3 aromatic rings. The number of nitrogens with zero attached hydrogens (tertiary/aromatic N) is 3. The summed E-state index contributed by atoms with van der Waals surface area (Å²) in [6, 6.07) is 16.5. The highest BCUT2D eigenvalue weighted by Gasteiger charge is 2.54. The molecule has 2 aliphatic heterocycles. The summed E-state index contributed by atoms with van der Waals surface area (Å²) in [5.74, 6) is 1.54. The van der Waals surface area contributed by atoms with Gasteiger partial charge in [0.05, 0.1) is 25.3 Å². The van der Waals surface area contributed by atoms with Gasteiger partial charge in [-0.25, -0.2) is 0 Å². The monoisotopic (exact) mass is 459 g/mol. The molecule has 178 valence electrons. The molecule has 2 fully saturated rings. The third kappa shape index (κ3) is 3.43. The molecule has 34 heavy (non-hydrogen) atoms. The Kier molecular flexibility index (Phi) is 5.19. The largest absolute Gasteiger partial charge is 0.497 e. The van der Waals surface area contributed by atoms with Gasteiger partial charge in [-0.05, 0) is 42.0 Å². The average Bonchev–Trinajstić information content (AvgIpc) is 3.60. The molecule has 2 aromatic carbocycles. The third-order valence-electron chi connectivity index (χ3n) is 8.10. The van der Waals surface area contributed by atoms with Crippen molar-refractivity contribution in [2.75, 3.05) is 33.4 Å². The first-order valence-corrected chi connectivity index (χ1v) is 12.4. The fraction of sp³-hybridized carbons (Fsp3) is 0.464. The van der Waals surface area contributed by atoms with Crippen molar-refractivity contribution >= 4 is 16.8 Å². The van der Waals surface area contributed by atoms with Crippen LogP contribution in [0, 0.1) is 5.92 Å². The number of aromatic nitrogens is 1. The number of aliphatic hydroxyl groups excluding tert-OH is 1. The minimum atomic E-state index is -0.307. The summed E-state index contributed by atoms with van der Waals surface area (Å²) in [6.45, 7) is 3.34. The number of carbonyl (C=O) groups excluding carboxylic acids is 1. The second-order valence-electron chi connectivity index (χ2n) is 10.5. The lowest BCUT2D eigenvalue weighted by Crippen LogP contribution is -2.66. The molecule has 6 heteroatoms. The molecule has 6 nitrogen and oxygen atoms in total. The van der Waals surface area contributed by atoms with Crippen molar-refractivity contribution in [1.82, 2.24) is 14.4 Å². The van der Waals surface area contributed by atoms with Crippen molar-refractivity contribution in [3.8, 4) is 5.75 Å². The number of hydrogen-bond acceptors (Lipinski definition) is 4. The van der Waals surface area contributed by atoms with Gasteiger partial charge in [0.15, 0.2) is 0 Å². The Morgan fingerprint density at radius 1 is 1.12 bits per heavy atom. The smallest absolute Gasteiger partial charge is 0.223 e. The van der Waals surface area contributed by atoms with Gasteiger partial charge in [0.1, 0.15) is 5.75 Å². The number of fused-ring (bicyclic) bond motifs is 4. The predicted molar refractivity (Wildman–Crippen MR) is 132 cm³/mol. The van der Waals surface area contributed by atoms with E-state index in [0.29, 0.717) is 18.9 Å². The number of aryl methyl sites for hydroxylation is 1. The lowest BCUT2D eigenvalue weighted by molar-refractivity contribution is -0.139. The first-order chi connectivity index (χ1) is 16.5. The Morgan fingerprint density at radius 3 is 2.56 bits per heavy atom. The number of benzene rings is 2. The van der Waals surface area contributed by atoms with Gasteiger partial charge in [-0.1, -0.05) is 30.3 Å². The molecule has 3 aliphatic rings. The lowest BCUT2D eigenvalue weighted by Gasteiger charge is -2.56. The van der Waals surface area contributed by atoms with Crippen LogP contribution in [-0.2, 0) is 23.8 Å². The summed E-state index contributed by atoms with van der Waals surface area (Å²) < 4.78 is 7.70. The summed E-state index contributed by atoms with van der Waals surface area (Å²) in [6.07, 6.45) is 2.91. The molecular formula is C28H33N3O3. The van der Waals surface area contributed by atoms with Crippen LogP contribution in [0.3, 0.4) is 0 Å². The minimum absolute atomic E-state index is 0.0610. The van der Waals surface area contributed by atoms with Gasteiger partial charge >= 0.3 is 0 Å². The molecule has 3 heterocycles. The molecular weight excluding hydrogens is 426 g/mol. The first kappa shape index (κ1) is 21.7. The predicted octanol–water partition coefficient (Wildman–Crippen LogP) is 3.62. The van der Waals surface area contributed by atoms with E-state index in [1.165, 1.54) is 16.5 Å². The molecule has 1 spiro atoms. The number of carbonyl (C=O) groups is 1. The van der Waals surface area contributed by atoms with E-state index in [0.717, 1.165) is 49.4 Å². The van der Waals surface area contributed by atoms with E-state index in [-0.39, 0.29) is 24.0 Å². The number of amides is 1. The van der Waals surface area contributed by atoms with Gasteiger partial charge in [-0.15, -0.1) is 0 Å². The van der Waals surface area contributed by atoms with Crippen molar-refractivity contribution in [3.63, 3.8) is 0 Å². The van der Waals surface area contributed by atoms with Crippen LogP contribution in [0.4, 0.5) is 0 Å². The summed E-state index contributed by atoms with van der Waals surface area (Å²) in [5, 5.41) is 11.7. The number of ether oxygens (including phenoxy) is 1. The Labute approximate surface area is 200 Å². The zero-order valence-corrected chi connectivity index (χ0v) is 20.0. The Balaban J connectivity index is 1.42. The highest BCUT2D eigenvalue weighted by molar-refractivity contribution is 5.90. The summed E-state index contributed by atoms with van der Waals surface area (Å²) in [7, 11) is 3.75. The summed E-state index contributed by atoms with van der Waals surface area (Å²) in [4.78, 5) is 17.9. The molecule has 0 radical (unpaired) electrons. The van der Waals surface area contributed by atoms with E-state index < -0.39 is 0 Å². The van der Waals surface area contributed by atoms with Gasteiger partial charge in [0.2, 0.25) is 5.91 Å². The van der Waals surface area contributed by atoms with Crippen molar-refractivity contribution in [2.45, 2.75) is 37.3 Å². The Hall–Kier alpha value is -2.83. The number of likely N-dealkylation sites (tertiary alicyclic amines) is 1. The topological polar surface area (TPSA) is 57.9 Å². The number of aliphatic hydroxyl groups is 1. The third-order valence-corrected chi connectivity index (χ3v) is 8.10. The highest BCUT2D eigenvalue weighted by Crippen LogP contribution is 2.50. The number of hydrogen-bond donors (Lipinski definition) is 1. The number of methoxy groups -OCH3 is 1. The molecule has 0 bridgehead atoms. The van der Waals surface area contributed by atoms with Crippen LogP contribution in [0.1, 0.15) is 42.1 Å². The van der Waals surface area contributed by atoms with Crippen LogP contribution in [0.25, 0.3) is 10.9 Å². The fourth-order valence-electron chi connectivity index (χ4n) is 6.33. The maximum atomic E-state index is 13.4. The van der Waals surface area contributed by atoms with Gasteiger partial charge in [0, 0.05) is 62.2 Å². The molecule has 6 rings (SSSR count). The quantitative estimate of drug-likeness (QED) is 0.612.